The van der Waals surface area contributed by atoms with Gasteiger partial charge in [0.2, 0.25) is 0 Å². The van der Waals surface area contributed by atoms with Crippen LogP contribution in [0.5, 0.6) is 11.5 Å². The first-order valence-corrected chi connectivity index (χ1v) is 12.5. The Morgan fingerprint density at radius 1 is 0.667 bits per heavy atom. The second-order valence-corrected chi connectivity index (χ2v) is 8.30. The third-order valence-corrected chi connectivity index (χ3v) is 5.53. The zero-order chi connectivity index (χ0) is 23.6. The summed E-state index contributed by atoms with van der Waals surface area (Å²) in [5, 5.41) is 0. The van der Waals surface area contributed by atoms with Crippen molar-refractivity contribution in [3.8, 4) is 22.6 Å². The average molecular weight is 453 g/mol. The molecule has 0 saturated carbocycles. The van der Waals surface area contributed by atoms with E-state index < -0.39 is 0 Å². The van der Waals surface area contributed by atoms with Crippen molar-refractivity contribution in [2.75, 3.05) is 19.8 Å². The Kier molecular flexibility index (Phi) is 13.5. The maximum atomic E-state index is 11.0. The van der Waals surface area contributed by atoms with E-state index in [9.17, 15) is 4.79 Å². The highest BCUT2D eigenvalue weighted by atomic mass is 16.5. The van der Waals surface area contributed by atoms with Crippen molar-refractivity contribution >= 4 is 5.97 Å². The number of hydrogen-bond donors (Lipinski definition) is 0. The molecule has 0 aliphatic rings. The molecule has 0 aliphatic carbocycles. The molecule has 0 saturated heterocycles. The van der Waals surface area contributed by atoms with E-state index in [0.29, 0.717) is 13.2 Å². The van der Waals surface area contributed by atoms with Gasteiger partial charge in [0.05, 0.1) is 19.8 Å². The molecule has 2 aromatic rings. The van der Waals surface area contributed by atoms with Gasteiger partial charge in [-0.05, 0) is 67.5 Å². The largest absolute Gasteiger partial charge is 0.494 e. The number of ether oxygens (including phenoxy) is 3. The number of carbonyl (C=O) groups excluding carboxylic acids is 1. The van der Waals surface area contributed by atoms with Crippen molar-refractivity contribution in [3.63, 3.8) is 0 Å². The maximum Gasteiger partial charge on any atom is 0.330 e. The van der Waals surface area contributed by atoms with Crippen LogP contribution in [0.25, 0.3) is 11.1 Å². The summed E-state index contributed by atoms with van der Waals surface area (Å²) >= 11 is 0. The lowest BCUT2D eigenvalue weighted by Gasteiger charge is -2.09. The quantitative estimate of drug-likeness (QED) is 0.132. The molecule has 0 radical (unpaired) electrons. The molecule has 180 valence electrons. The Morgan fingerprint density at radius 2 is 1.09 bits per heavy atom. The standard InChI is InChI=1S/C29H40O4/c1-3-5-6-7-8-11-22-31-27-18-14-25(15-19-27)26-16-20-28(21-17-26)32-23-12-9-10-13-24-33-29(30)4-2/h4,14-21H,2-3,5-13,22-24H2,1H3. The highest BCUT2D eigenvalue weighted by molar-refractivity contribution is 5.81. The van der Waals surface area contributed by atoms with Crippen LogP contribution in [-0.4, -0.2) is 25.8 Å². The maximum absolute atomic E-state index is 11.0. The topological polar surface area (TPSA) is 44.8 Å². The molecular formula is C29H40O4. The number of unbranched alkanes of at least 4 members (excludes halogenated alkanes) is 8. The van der Waals surface area contributed by atoms with Gasteiger partial charge in [-0.1, -0.05) is 69.9 Å². The molecule has 0 atom stereocenters. The second-order valence-electron chi connectivity index (χ2n) is 8.30. The third-order valence-electron chi connectivity index (χ3n) is 5.53. The van der Waals surface area contributed by atoms with Crippen LogP contribution in [0.2, 0.25) is 0 Å². The molecule has 0 aliphatic heterocycles. The zero-order valence-electron chi connectivity index (χ0n) is 20.2. The molecule has 0 heterocycles. The number of esters is 1. The van der Waals surface area contributed by atoms with Crippen molar-refractivity contribution < 1.29 is 19.0 Å². The first kappa shape index (κ1) is 26.5. The Balaban J connectivity index is 1.61. The van der Waals surface area contributed by atoms with Crippen LogP contribution < -0.4 is 9.47 Å². The molecule has 0 amide bonds. The van der Waals surface area contributed by atoms with Crippen LogP contribution in [0.15, 0.2) is 61.2 Å². The summed E-state index contributed by atoms with van der Waals surface area (Å²) in [6.45, 7) is 7.57. The van der Waals surface area contributed by atoms with E-state index in [4.69, 9.17) is 14.2 Å². The van der Waals surface area contributed by atoms with E-state index in [2.05, 4.69) is 49.9 Å². The smallest absolute Gasteiger partial charge is 0.330 e. The van der Waals surface area contributed by atoms with Crippen LogP contribution in [-0.2, 0) is 9.53 Å². The van der Waals surface area contributed by atoms with Gasteiger partial charge in [0.1, 0.15) is 11.5 Å². The molecule has 0 bridgehead atoms. The molecule has 33 heavy (non-hydrogen) atoms. The number of benzene rings is 2. The van der Waals surface area contributed by atoms with Crippen molar-refractivity contribution in [2.24, 2.45) is 0 Å². The van der Waals surface area contributed by atoms with E-state index in [1.54, 1.807) is 0 Å². The third kappa shape index (κ3) is 11.6. The van der Waals surface area contributed by atoms with E-state index in [1.165, 1.54) is 49.3 Å². The molecule has 0 unspecified atom stereocenters. The van der Waals surface area contributed by atoms with Crippen LogP contribution in [0, 0.1) is 0 Å². The Morgan fingerprint density at radius 3 is 1.55 bits per heavy atom. The van der Waals surface area contributed by atoms with Gasteiger partial charge in [0, 0.05) is 6.08 Å². The fourth-order valence-corrected chi connectivity index (χ4v) is 3.54. The average Bonchev–Trinajstić information content (AvgIpc) is 2.85. The van der Waals surface area contributed by atoms with Crippen molar-refractivity contribution in [2.45, 2.75) is 71.1 Å². The Bertz CT molecular complexity index is 780. The highest BCUT2D eigenvalue weighted by Gasteiger charge is 2.01. The zero-order valence-corrected chi connectivity index (χ0v) is 20.2. The lowest BCUT2D eigenvalue weighted by Crippen LogP contribution is -2.02. The van der Waals surface area contributed by atoms with Gasteiger partial charge in [-0.25, -0.2) is 4.79 Å². The number of rotatable bonds is 18. The van der Waals surface area contributed by atoms with E-state index >= 15 is 0 Å². The number of carbonyl (C=O) groups is 1. The van der Waals surface area contributed by atoms with Gasteiger partial charge in [-0.3, -0.25) is 0 Å². The highest BCUT2D eigenvalue weighted by Crippen LogP contribution is 2.25. The minimum absolute atomic E-state index is 0.352. The lowest BCUT2D eigenvalue weighted by atomic mass is 10.1. The second kappa shape index (κ2) is 16.8. The Hall–Kier alpha value is -2.75. The van der Waals surface area contributed by atoms with Gasteiger partial charge in [-0.15, -0.1) is 0 Å². The Labute approximate surface area is 200 Å². The predicted octanol–water partition coefficient (Wildman–Crippen LogP) is 7.76. The van der Waals surface area contributed by atoms with Crippen LogP contribution >= 0.6 is 0 Å². The molecule has 2 aromatic carbocycles. The van der Waals surface area contributed by atoms with Gasteiger partial charge in [-0.2, -0.15) is 0 Å². The van der Waals surface area contributed by atoms with E-state index in [0.717, 1.165) is 50.2 Å². The summed E-state index contributed by atoms with van der Waals surface area (Å²) in [6, 6.07) is 16.5. The van der Waals surface area contributed by atoms with Gasteiger partial charge in [0.25, 0.3) is 0 Å². The SMILES string of the molecule is C=CC(=O)OCCCCCCOc1ccc(-c2ccc(OCCCCCCCC)cc2)cc1. The molecule has 0 fully saturated rings. The monoisotopic (exact) mass is 452 g/mol. The molecular weight excluding hydrogens is 412 g/mol. The fourth-order valence-electron chi connectivity index (χ4n) is 3.54. The van der Waals surface area contributed by atoms with Crippen molar-refractivity contribution in [3.05, 3.63) is 61.2 Å². The summed E-state index contributed by atoms with van der Waals surface area (Å²) in [7, 11) is 0. The van der Waals surface area contributed by atoms with Crippen molar-refractivity contribution in [1.82, 2.24) is 0 Å². The minimum atomic E-state index is -0.352. The molecule has 4 heteroatoms. The normalized spacial score (nSPS) is 10.6. The molecule has 2 rings (SSSR count). The summed E-state index contributed by atoms with van der Waals surface area (Å²) in [5.74, 6) is 1.47. The minimum Gasteiger partial charge on any atom is -0.494 e. The summed E-state index contributed by atoms with van der Waals surface area (Å²) in [6.07, 6.45) is 12.8. The van der Waals surface area contributed by atoms with Crippen LogP contribution in [0.4, 0.5) is 0 Å². The van der Waals surface area contributed by atoms with Gasteiger partial charge in [0.15, 0.2) is 0 Å². The van der Waals surface area contributed by atoms with E-state index in [-0.39, 0.29) is 5.97 Å². The first-order chi connectivity index (χ1) is 16.2. The predicted molar refractivity (Wildman–Crippen MR) is 136 cm³/mol. The first-order valence-electron chi connectivity index (χ1n) is 12.5. The summed E-state index contributed by atoms with van der Waals surface area (Å²) in [4.78, 5) is 11.0. The van der Waals surface area contributed by atoms with Crippen molar-refractivity contribution in [1.29, 1.82) is 0 Å². The summed E-state index contributed by atoms with van der Waals surface area (Å²) < 4.78 is 16.7. The molecule has 0 aromatic heterocycles. The number of hydrogen-bond acceptors (Lipinski definition) is 4. The van der Waals surface area contributed by atoms with E-state index in [1.807, 2.05) is 12.1 Å². The molecule has 4 nitrogen and oxygen atoms in total. The van der Waals surface area contributed by atoms with Crippen LogP contribution in [0.1, 0.15) is 71.1 Å². The van der Waals surface area contributed by atoms with Gasteiger partial charge < -0.3 is 14.2 Å². The van der Waals surface area contributed by atoms with Gasteiger partial charge >= 0.3 is 5.97 Å². The van der Waals surface area contributed by atoms with Crippen LogP contribution in [0.3, 0.4) is 0 Å². The molecule has 0 N–H and O–H groups in total. The lowest BCUT2D eigenvalue weighted by molar-refractivity contribution is -0.137. The molecule has 0 spiro atoms. The fraction of sp³-hybridized carbons (Fsp3) is 0.483. The summed E-state index contributed by atoms with van der Waals surface area (Å²) in [5.41, 5.74) is 2.34.